The first-order valence-corrected chi connectivity index (χ1v) is 11.1. The number of rotatable bonds is 13. The van der Waals surface area contributed by atoms with Crippen LogP contribution in [0.15, 0.2) is 29.3 Å². The lowest BCUT2D eigenvalue weighted by Crippen LogP contribution is -2.38. The Bertz CT molecular complexity index is 563. The maximum Gasteiger partial charge on any atom is 0.191 e. The number of hydrogen-bond acceptors (Lipinski definition) is 4. The van der Waals surface area contributed by atoms with Gasteiger partial charge in [0.05, 0.1) is 7.11 Å². The molecule has 0 aromatic heterocycles. The van der Waals surface area contributed by atoms with Gasteiger partial charge in [0.15, 0.2) is 5.96 Å². The van der Waals surface area contributed by atoms with E-state index in [0.29, 0.717) is 5.92 Å². The van der Waals surface area contributed by atoms with Crippen LogP contribution in [0.3, 0.4) is 0 Å². The van der Waals surface area contributed by atoms with E-state index in [1.54, 1.807) is 7.11 Å². The summed E-state index contributed by atoms with van der Waals surface area (Å²) in [5.41, 5.74) is 1.35. The summed E-state index contributed by atoms with van der Waals surface area (Å²) < 4.78 is 16.4. The molecule has 1 aliphatic rings. The van der Waals surface area contributed by atoms with Crippen molar-refractivity contribution in [3.63, 3.8) is 0 Å². The molecule has 7 heteroatoms. The van der Waals surface area contributed by atoms with E-state index in [1.165, 1.54) is 5.56 Å². The minimum atomic E-state index is 0. The summed E-state index contributed by atoms with van der Waals surface area (Å²) in [7, 11) is 1.70. The Balaban J connectivity index is 0.00000450. The second-order valence-electron chi connectivity index (χ2n) is 7.48. The number of nitrogens with one attached hydrogen (secondary N) is 2. The Labute approximate surface area is 199 Å². The van der Waals surface area contributed by atoms with E-state index in [1.807, 2.05) is 12.1 Å². The van der Waals surface area contributed by atoms with E-state index in [4.69, 9.17) is 14.2 Å². The normalized spacial score (nSPS) is 14.8. The van der Waals surface area contributed by atoms with Gasteiger partial charge in [0.25, 0.3) is 0 Å². The number of unbranched alkanes of at least 4 members (excludes halogenated alkanes) is 1. The second-order valence-corrected chi connectivity index (χ2v) is 7.48. The summed E-state index contributed by atoms with van der Waals surface area (Å²) in [6.07, 6.45) is 6.57. The van der Waals surface area contributed by atoms with E-state index in [2.05, 4.69) is 34.7 Å². The van der Waals surface area contributed by atoms with E-state index >= 15 is 0 Å². The van der Waals surface area contributed by atoms with Crippen molar-refractivity contribution in [1.82, 2.24) is 10.6 Å². The molecule has 0 radical (unpaired) electrons. The summed E-state index contributed by atoms with van der Waals surface area (Å²) in [5, 5.41) is 6.75. The van der Waals surface area contributed by atoms with Crippen molar-refractivity contribution in [3.05, 3.63) is 29.8 Å². The highest BCUT2D eigenvalue weighted by Crippen LogP contribution is 2.15. The van der Waals surface area contributed by atoms with Crippen LogP contribution >= 0.6 is 24.0 Å². The number of guanidine groups is 1. The van der Waals surface area contributed by atoms with Gasteiger partial charge >= 0.3 is 0 Å². The fraction of sp³-hybridized carbons (Fsp3) is 0.696. The third-order valence-electron chi connectivity index (χ3n) is 5.10. The number of halogens is 1. The van der Waals surface area contributed by atoms with Crippen molar-refractivity contribution in [1.29, 1.82) is 0 Å². The molecule has 1 fully saturated rings. The van der Waals surface area contributed by atoms with Crippen molar-refractivity contribution >= 4 is 29.9 Å². The first-order valence-electron chi connectivity index (χ1n) is 11.1. The minimum Gasteiger partial charge on any atom is -0.497 e. The van der Waals surface area contributed by atoms with Crippen LogP contribution < -0.4 is 15.4 Å². The number of hydrogen-bond donors (Lipinski definition) is 2. The first-order chi connectivity index (χ1) is 14.3. The van der Waals surface area contributed by atoms with Crippen LogP contribution in [0.25, 0.3) is 0 Å². The number of aliphatic imine (C=N–C) groups is 1. The molecule has 0 unspecified atom stereocenters. The molecule has 0 bridgehead atoms. The maximum absolute atomic E-state index is 5.81. The molecule has 1 aliphatic heterocycles. The highest BCUT2D eigenvalue weighted by Gasteiger charge is 2.13. The molecule has 1 aromatic carbocycles. The molecular formula is C23H40IN3O3. The Kier molecular flexibility index (Phi) is 15.8. The lowest BCUT2D eigenvalue weighted by atomic mass is 10.0. The van der Waals surface area contributed by atoms with Crippen LogP contribution in [-0.2, 0) is 15.9 Å². The highest BCUT2D eigenvalue weighted by molar-refractivity contribution is 14.0. The number of nitrogens with zero attached hydrogens (tertiary/aromatic N) is 1. The van der Waals surface area contributed by atoms with Gasteiger partial charge in [-0.3, -0.25) is 4.99 Å². The monoisotopic (exact) mass is 533 g/mol. The molecule has 2 N–H and O–H groups in total. The largest absolute Gasteiger partial charge is 0.497 e. The number of aryl methyl sites for hydroxylation is 1. The number of ether oxygens (including phenoxy) is 3. The molecule has 0 spiro atoms. The van der Waals surface area contributed by atoms with Crippen LogP contribution in [0.2, 0.25) is 0 Å². The third kappa shape index (κ3) is 12.0. The van der Waals surface area contributed by atoms with Crippen molar-refractivity contribution in [2.24, 2.45) is 10.9 Å². The van der Waals surface area contributed by atoms with Crippen molar-refractivity contribution < 1.29 is 14.2 Å². The Morgan fingerprint density at radius 3 is 2.57 bits per heavy atom. The zero-order valence-electron chi connectivity index (χ0n) is 18.7. The lowest BCUT2D eigenvalue weighted by Gasteiger charge is -2.21. The maximum atomic E-state index is 5.81. The van der Waals surface area contributed by atoms with Gasteiger partial charge in [0, 0.05) is 46.1 Å². The predicted octanol–water partition coefficient (Wildman–Crippen LogP) is 4.02. The molecule has 0 amide bonds. The summed E-state index contributed by atoms with van der Waals surface area (Å²) in [6.45, 7) is 8.10. The molecular weight excluding hydrogens is 493 g/mol. The van der Waals surface area contributed by atoms with Gasteiger partial charge in [-0.25, -0.2) is 0 Å². The second kappa shape index (κ2) is 17.6. The first kappa shape index (κ1) is 27.0. The zero-order chi connectivity index (χ0) is 20.6. The van der Waals surface area contributed by atoms with E-state index in [0.717, 1.165) is 96.3 Å². The molecule has 1 aromatic rings. The lowest BCUT2D eigenvalue weighted by molar-refractivity contribution is 0.0205. The van der Waals surface area contributed by atoms with E-state index < -0.39 is 0 Å². The van der Waals surface area contributed by atoms with Gasteiger partial charge in [0.2, 0.25) is 0 Å². The number of methoxy groups -OCH3 is 1. The summed E-state index contributed by atoms with van der Waals surface area (Å²) >= 11 is 0. The molecule has 30 heavy (non-hydrogen) atoms. The molecule has 0 saturated carbocycles. The van der Waals surface area contributed by atoms with Crippen LogP contribution in [0.4, 0.5) is 0 Å². The van der Waals surface area contributed by atoms with Gasteiger partial charge in [0.1, 0.15) is 5.75 Å². The average Bonchev–Trinajstić information content (AvgIpc) is 2.77. The summed E-state index contributed by atoms with van der Waals surface area (Å²) in [6, 6.07) is 8.33. The van der Waals surface area contributed by atoms with Gasteiger partial charge in [-0.05, 0) is 69.1 Å². The van der Waals surface area contributed by atoms with Crippen LogP contribution in [0.1, 0.15) is 44.6 Å². The molecule has 6 nitrogen and oxygen atoms in total. The number of benzene rings is 1. The molecule has 0 atom stereocenters. The van der Waals surface area contributed by atoms with E-state index in [9.17, 15) is 0 Å². The molecule has 172 valence electrons. The third-order valence-corrected chi connectivity index (χ3v) is 5.10. The zero-order valence-corrected chi connectivity index (χ0v) is 21.0. The van der Waals surface area contributed by atoms with E-state index in [-0.39, 0.29) is 24.0 Å². The van der Waals surface area contributed by atoms with Crippen molar-refractivity contribution in [2.75, 3.05) is 53.2 Å². The highest BCUT2D eigenvalue weighted by atomic mass is 127. The molecule has 1 heterocycles. The van der Waals surface area contributed by atoms with Gasteiger partial charge in [-0.1, -0.05) is 12.1 Å². The topological polar surface area (TPSA) is 64.1 Å². The van der Waals surface area contributed by atoms with Crippen LogP contribution in [0, 0.1) is 5.92 Å². The predicted molar refractivity (Wildman–Crippen MR) is 134 cm³/mol. The van der Waals surface area contributed by atoms with Gasteiger partial charge in [-0.15, -0.1) is 24.0 Å². The molecule has 2 rings (SSSR count). The minimum absolute atomic E-state index is 0. The van der Waals surface area contributed by atoms with Crippen LogP contribution in [-0.4, -0.2) is 59.1 Å². The summed E-state index contributed by atoms with van der Waals surface area (Å²) in [5.74, 6) is 2.49. The summed E-state index contributed by atoms with van der Waals surface area (Å²) in [4.78, 5) is 4.65. The average molecular weight is 533 g/mol. The molecule has 1 saturated heterocycles. The molecule has 0 aliphatic carbocycles. The Hall–Kier alpha value is -1.06. The fourth-order valence-corrected chi connectivity index (χ4v) is 3.32. The fourth-order valence-electron chi connectivity index (χ4n) is 3.32. The van der Waals surface area contributed by atoms with Crippen molar-refractivity contribution in [2.45, 2.75) is 45.4 Å². The standard InChI is InChI=1S/C23H39N3O3.HI/c1-3-24-23(26-15-6-16-29-19-21-12-17-28-18-13-21)25-14-5-4-7-20-8-10-22(27-2)11-9-20;/h8-11,21H,3-7,12-19H2,1-2H3,(H2,24,25,26);1H. The van der Waals surface area contributed by atoms with Crippen LogP contribution in [0.5, 0.6) is 5.75 Å². The Morgan fingerprint density at radius 1 is 1.10 bits per heavy atom. The Morgan fingerprint density at radius 2 is 1.87 bits per heavy atom. The van der Waals surface area contributed by atoms with Gasteiger partial charge in [-0.2, -0.15) is 0 Å². The van der Waals surface area contributed by atoms with Crippen molar-refractivity contribution in [3.8, 4) is 5.75 Å². The smallest absolute Gasteiger partial charge is 0.191 e. The van der Waals surface area contributed by atoms with Gasteiger partial charge < -0.3 is 24.8 Å². The quantitative estimate of drug-likeness (QED) is 0.174. The SMILES string of the molecule is CCNC(=NCCCOCC1CCOCC1)NCCCCc1ccc(OC)cc1.I.